The third-order valence-corrected chi connectivity index (χ3v) is 2.92. The minimum Gasteiger partial charge on any atom is -0.374 e. The predicted molar refractivity (Wildman–Crippen MR) is 72.8 cm³/mol. The summed E-state index contributed by atoms with van der Waals surface area (Å²) < 4.78 is 0. The van der Waals surface area contributed by atoms with E-state index >= 15 is 0 Å². The van der Waals surface area contributed by atoms with E-state index < -0.39 is 0 Å². The van der Waals surface area contributed by atoms with E-state index in [2.05, 4.69) is 27.7 Å². The van der Waals surface area contributed by atoms with Crippen molar-refractivity contribution in [2.24, 2.45) is 15.8 Å². The summed E-state index contributed by atoms with van der Waals surface area (Å²) in [6.45, 7) is 0. The first-order valence-electron chi connectivity index (χ1n) is 4.64. The average molecular weight is 250 g/mol. The Morgan fingerprint density at radius 1 is 1.44 bits per heavy atom. The van der Waals surface area contributed by atoms with Crippen molar-refractivity contribution in [3.8, 4) is 0 Å². The van der Waals surface area contributed by atoms with Gasteiger partial charge in [-0.05, 0) is 17.8 Å². The molecule has 6 heteroatoms. The maximum atomic E-state index is 5.31. The van der Waals surface area contributed by atoms with Crippen molar-refractivity contribution in [2.75, 3.05) is 5.75 Å². The number of rotatable bonds is 1. The van der Waals surface area contributed by atoms with Crippen molar-refractivity contribution in [3.63, 3.8) is 0 Å². The van der Waals surface area contributed by atoms with Gasteiger partial charge in [0, 0.05) is 5.75 Å². The quantitative estimate of drug-likeness (QED) is 0.738. The van der Waals surface area contributed by atoms with E-state index in [9.17, 15) is 0 Å². The van der Waals surface area contributed by atoms with Crippen LogP contribution in [0.5, 0.6) is 0 Å². The maximum absolute atomic E-state index is 5.31. The topological polar surface area (TPSA) is 62.8 Å². The van der Waals surface area contributed by atoms with E-state index in [0.717, 1.165) is 17.0 Å². The number of hydrogen-bond donors (Lipinski definition) is 2. The Bertz CT molecular complexity index is 453. The van der Waals surface area contributed by atoms with Gasteiger partial charge in [0.25, 0.3) is 0 Å². The van der Waals surface area contributed by atoms with E-state index in [4.69, 9.17) is 5.73 Å². The van der Waals surface area contributed by atoms with E-state index in [0.29, 0.717) is 5.17 Å². The molecule has 0 amide bonds. The second-order valence-corrected chi connectivity index (χ2v) is 4.46. The van der Waals surface area contributed by atoms with Gasteiger partial charge in [0.2, 0.25) is 0 Å². The molecule has 0 radical (unpaired) electrons. The highest BCUT2D eigenvalue weighted by Crippen LogP contribution is 2.13. The first-order valence-corrected chi connectivity index (χ1v) is 6.04. The fourth-order valence-corrected chi connectivity index (χ4v) is 2.18. The van der Waals surface area contributed by atoms with Crippen LogP contribution in [0.4, 0.5) is 0 Å². The van der Waals surface area contributed by atoms with Gasteiger partial charge in [0.15, 0.2) is 10.3 Å². The molecule has 0 aliphatic carbocycles. The number of nitrogens with one attached hydrogen (secondary N) is 1. The van der Waals surface area contributed by atoms with E-state index in [-0.39, 0.29) is 5.11 Å². The summed E-state index contributed by atoms with van der Waals surface area (Å²) in [7, 11) is 0. The van der Waals surface area contributed by atoms with E-state index in [1.807, 2.05) is 30.3 Å². The van der Waals surface area contributed by atoms with Crippen molar-refractivity contribution in [3.05, 3.63) is 35.9 Å². The van der Waals surface area contributed by atoms with Crippen LogP contribution in [0.15, 0.2) is 40.4 Å². The third kappa shape index (κ3) is 2.80. The summed E-state index contributed by atoms with van der Waals surface area (Å²) in [6, 6.07) is 10.0. The zero-order chi connectivity index (χ0) is 11.4. The Balaban J connectivity index is 2.13. The van der Waals surface area contributed by atoms with Gasteiger partial charge in [-0.2, -0.15) is 10.1 Å². The highest BCUT2D eigenvalue weighted by molar-refractivity contribution is 8.14. The zero-order valence-electron chi connectivity index (χ0n) is 8.38. The first-order chi connectivity index (χ1) is 7.75. The lowest BCUT2D eigenvalue weighted by Crippen LogP contribution is -2.26. The van der Waals surface area contributed by atoms with Crippen LogP contribution < -0.4 is 11.2 Å². The van der Waals surface area contributed by atoms with Crippen LogP contribution in [-0.2, 0) is 0 Å². The lowest BCUT2D eigenvalue weighted by molar-refractivity contribution is 1.04. The molecular formula is C10H10N4S2. The third-order valence-electron chi connectivity index (χ3n) is 1.95. The van der Waals surface area contributed by atoms with Gasteiger partial charge in [-0.3, -0.25) is 5.43 Å². The smallest absolute Gasteiger partial charge is 0.192 e. The second-order valence-electron chi connectivity index (χ2n) is 3.08. The largest absolute Gasteiger partial charge is 0.374 e. The number of thiocarbonyl (C=S) groups is 1. The summed E-state index contributed by atoms with van der Waals surface area (Å²) in [4.78, 5) is 3.94. The molecule has 0 unspecified atom stereocenters. The summed E-state index contributed by atoms with van der Waals surface area (Å²) in [5.41, 5.74) is 10.2. The number of amidine groups is 1. The van der Waals surface area contributed by atoms with E-state index in [1.54, 1.807) is 0 Å². The molecule has 2 rings (SSSR count). The van der Waals surface area contributed by atoms with Gasteiger partial charge in [0.05, 0.1) is 5.71 Å². The molecule has 1 aliphatic heterocycles. The molecule has 1 aromatic carbocycles. The normalized spacial score (nSPS) is 17.8. The Hall–Kier alpha value is -1.40. The maximum Gasteiger partial charge on any atom is 0.192 e. The minimum absolute atomic E-state index is 0.119. The molecular weight excluding hydrogens is 240 g/mol. The van der Waals surface area contributed by atoms with Crippen LogP contribution in [0, 0.1) is 0 Å². The number of hydrazone groups is 1. The summed E-state index contributed by atoms with van der Waals surface area (Å²) in [5, 5.41) is 5.00. The number of hydrogen-bond acceptors (Lipinski definition) is 3. The molecule has 1 aromatic rings. The lowest BCUT2D eigenvalue weighted by Gasteiger charge is -2.14. The Labute approximate surface area is 103 Å². The van der Waals surface area contributed by atoms with Crippen LogP contribution in [0.1, 0.15) is 5.56 Å². The summed E-state index contributed by atoms with van der Waals surface area (Å²) in [6.07, 6.45) is 0. The summed E-state index contributed by atoms with van der Waals surface area (Å²) in [5.74, 6) is 0.762. The monoisotopic (exact) mass is 250 g/mol. The fraction of sp³-hybridized carbons (Fsp3) is 0.100. The van der Waals surface area contributed by atoms with Crippen LogP contribution in [0.2, 0.25) is 0 Å². The minimum atomic E-state index is 0.119. The van der Waals surface area contributed by atoms with Crippen LogP contribution >= 0.6 is 24.0 Å². The number of benzene rings is 1. The first kappa shape index (κ1) is 11.1. The number of nitrogens with two attached hydrogens (primary N) is 1. The van der Waals surface area contributed by atoms with Crippen molar-refractivity contribution in [2.45, 2.75) is 0 Å². The predicted octanol–water partition coefficient (Wildman–Crippen LogP) is 1.33. The van der Waals surface area contributed by atoms with Crippen LogP contribution in [0.25, 0.3) is 0 Å². The Morgan fingerprint density at radius 2 is 2.19 bits per heavy atom. The molecule has 16 heavy (non-hydrogen) atoms. The molecule has 0 bridgehead atoms. The van der Waals surface area contributed by atoms with Crippen molar-refractivity contribution in [1.29, 1.82) is 0 Å². The lowest BCUT2D eigenvalue weighted by atomic mass is 10.1. The number of thioether (sulfide) groups is 1. The molecule has 0 saturated carbocycles. The molecule has 4 nitrogen and oxygen atoms in total. The average Bonchev–Trinajstić information content (AvgIpc) is 2.30. The fourth-order valence-electron chi connectivity index (χ4n) is 1.25. The molecule has 0 saturated heterocycles. The number of nitrogens with zero attached hydrogens (tertiary/aromatic N) is 2. The molecule has 82 valence electrons. The highest BCUT2D eigenvalue weighted by atomic mass is 32.2. The second kappa shape index (κ2) is 5.09. The van der Waals surface area contributed by atoms with Crippen molar-refractivity contribution < 1.29 is 0 Å². The van der Waals surface area contributed by atoms with Crippen molar-refractivity contribution in [1.82, 2.24) is 5.43 Å². The summed E-state index contributed by atoms with van der Waals surface area (Å²) >= 11 is 6.22. The SMILES string of the molecule is NC(=S)/N=C1/NN=C(c2ccccc2)CS1. The molecule has 0 spiro atoms. The van der Waals surface area contributed by atoms with Crippen LogP contribution in [-0.4, -0.2) is 21.7 Å². The Kier molecular flexibility index (Phi) is 3.53. The van der Waals surface area contributed by atoms with E-state index in [1.165, 1.54) is 11.8 Å². The Morgan fingerprint density at radius 3 is 2.75 bits per heavy atom. The van der Waals surface area contributed by atoms with Gasteiger partial charge < -0.3 is 5.73 Å². The van der Waals surface area contributed by atoms with Crippen LogP contribution in [0.3, 0.4) is 0 Å². The molecule has 0 fully saturated rings. The zero-order valence-corrected chi connectivity index (χ0v) is 10.0. The molecule has 1 heterocycles. The highest BCUT2D eigenvalue weighted by Gasteiger charge is 2.12. The van der Waals surface area contributed by atoms with Gasteiger partial charge in [-0.15, -0.1) is 0 Å². The molecule has 0 atom stereocenters. The van der Waals surface area contributed by atoms with Gasteiger partial charge in [-0.25, -0.2) is 0 Å². The molecule has 3 N–H and O–H groups in total. The van der Waals surface area contributed by atoms with Gasteiger partial charge in [-0.1, -0.05) is 42.1 Å². The number of aliphatic imine (C=N–C) groups is 1. The molecule has 1 aliphatic rings. The standard InChI is InChI=1S/C10H10N4S2/c11-9(15)12-10-14-13-8(6-16-10)7-4-2-1-3-5-7/h1-5H,6H2,(H3,11,12,14,15). The van der Waals surface area contributed by atoms with Gasteiger partial charge in [0.1, 0.15) is 0 Å². The van der Waals surface area contributed by atoms with Gasteiger partial charge >= 0.3 is 0 Å². The molecule has 0 aromatic heterocycles. The van der Waals surface area contributed by atoms with Crippen molar-refractivity contribution >= 4 is 40.0 Å².